The number of aryl methyl sites for hydroxylation is 2. The van der Waals surface area contributed by atoms with Crippen molar-refractivity contribution in [3.8, 4) is 0 Å². The van der Waals surface area contributed by atoms with E-state index in [1.807, 2.05) is 25.8 Å². The van der Waals surface area contributed by atoms with Gasteiger partial charge in [0.2, 0.25) is 0 Å². The van der Waals surface area contributed by atoms with Crippen molar-refractivity contribution in [2.75, 3.05) is 12.8 Å². The summed E-state index contributed by atoms with van der Waals surface area (Å²) >= 11 is 1.35. The summed E-state index contributed by atoms with van der Waals surface area (Å²) in [6.07, 6.45) is 4.58. The van der Waals surface area contributed by atoms with E-state index in [9.17, 15) is 4.79 Å². The molecule has 21 heavy (non-hydrogen) atoms. The topological polar surface area (TPSA) is 72.1 Å². The van der Waals surface area contributed by atoms with Crippen LogP contribution in [-0.2, 0) is 0 Å². The lowest BCUT2D eigenvalue weighted by Crippen LogP contribution is -2.35. The van der Waals surface area contributed by atoms with Gasteiger partial charge in [-0.3, -0.25) is 4.79 Å². The van der Waals surface area contributed by atoms with Crippen LogP contribution in [0.5, 0.6) is 0 Å². The molecular formula is C15H20N4OS. The number of aromatic nitrogens is 2. The lowest BCUT2D eigenvalue weighted by molar-refractivity contribution is 0.0741. The summed E-state index contributed by atoms with van der Waals surface area (Å²) in [5.41, 5.74) is 8.66. The van der Waals surface area contributed by atoms with Gasteiger partial charge in [-0.1, -0.05) is 12.8 Å². The van der Waals surface area contributed by atoms with Crippen LogP contribution in [0.15, 0.2) is 0 Å². The fourth-order valence-electron chi connectivity index (χ4n) is 3.02. The number of thiophene rings is 1. The van der Waals surface area contributed by atoms with Gasteiger partial charge in [0.1, 0.15) is 9.71 Å². The van der Waals surface area contributed by atoms with E-state index >= 15 is 0 Å². The lowest BCUT2D eigenvalue weighted by Gasteiger charge is -2.23. The first-order valence-electron chi connectivity index (χ1n) is 7.29. The number of anilines is 1. The molecule has 2 N–H and O–H groups in total. The first kappa shape index (κ1) is 14.3. The van der Waals surface area contributed by atoms with Gasteiger partial charge in [-0.2, -0.15) is 5.10 Å². The average Bonchev–Trinajstić information content (AvgIpc) is 3.10. The molecule has 6 heteroatoms. The summed E-state index contributed by atoms with van der Waals surface area (Å²) in [6, 6.07) is 0.344. The third-order valence-electron chi connectivity index (χ3n) is 4.52. The number of nitrogens with two attached hydrogens (primary N) is 1. The highest BCUT2D eigenvalue weighted by Gasteiger charge is 2.28. The van der Waals surface area contributed by atoms with Gasteiger partial charge in [0.15, 0.2) is 0 Å². The molecule has 2 aromatic rings. The summed E-state index contributed by atoms with van der Waals surface area (Å²) in [5, 5.41) is 9.19. The standard InChI is InChI=1S/C15H20N4OS/c1-8-9(2)17-18-14-11(8)12(16)13(21-14)15(20)19(3)10-6-4-5-7-10/h10H,4-7,16H2,1-3H3. The van der Waals surface area contributed by atoms with Crippen LogP contribution >= 0.6 is 11.3 Å². The molecule has 0 spiro atoms. The SMILES string of the molecule is Cc1nnc2sc(C(=O)N(C)C3CCCC3)c(N)c2c1C. The van der Waals surface area contributed by atoms with Crippen LogP contribution in [0.1, 0.15) is 46.6 Å². The second-order valence-electron chi connectivity index (χ2n) is 5.79. The van der Waals surface area contributed by atoms with Gasteiger partial charge in [0, 0.05) is 18.5 Å². The highest BCUT2D eigenvalue weighted by Crippen LogP contribution is 2.36. The lowest BCUT2D eigenvalue weighted by atomic mass is 10.1. The number of amides is 1. The van der Waals surface area contributed by atoms with Gasteiger partial charge in [0.25, 0.3) is 5.91 Å². The van der Waals surface area contributed by atoms with E-state index in [4.69, 9.17) is 5.73 Å². The molecule has 0 radical (unpaired) electrons. The van der Waals surface area contributed by atoms with Crippen molar-refractivity contribution in [2.24, 2.45) is 0 Å². The maximum atomic E-state index is 12.7. The molecule has 0 unspecified atom stereocenters. The van der Waals surface area contributed by atoms with Crippen molar-refractivity contribution >= 4 is 33.1 Å². The van der Waals surface area contributed by atoms with Crippen molar-refractivity contribution in [1.82, 2.24) is 15.1 Å². The maximum absolute atomic E-state index is 12.7. The molecule has 2 heterocycles. The normalized spacial score (nSPS) is 15.8. The second-order valence-corrected chi connectivity index (χ2v) is 6.79. The van der Waals surface area contributed by atoms with Gasteiger partial charge in [-0.25, -0.2) is 0 Å². The second kappa shape index (κ2) is 5.26. The molecule has 0 saturated heterocycles. The Labute approximate surface area is 128 Å². The summed E-state index contributed by atoms with van der Waals surface area (Å²) in [7, 11) is 1.88. The molecule has 2 aromatic heterocycles. The van der Waals surface area contributed by atoms with E-state index in [0.29, 0.717) is 16.6 Å². The minimum absolute atomic E-state index is 0.0134. The molecule has 3 rings (SSSR count). The Balaban J connectivity index is 2.02. The molecule has 5 nitrogen and oxygen atoms in total. The smallest absolute Gasteiger partial charge is 0.266 e. The Morgan fingerprint density at radius 3 is 2.62 bits per heavy atom. The molecule has 1 aliphatic rings. The van der Waals surface area contributed by atoms with E-state index in [1.54, 1.807) is 0 Å². The zero-order chi connectivity index (χ0) is 15.1. The van der Waals surface area contributed by atoms with Crippen LogP contribution in [0.2, 0.25) is 0 Å². The van der Waals surface area contributed by atoms with Crippen LogP contribution < -0.4 is 5.73 Å². The summed E-state index contributed by atoms with van der Waals surface area (Å²) in [6.45, 7) is 3.88. The predicted molar refractivity (Wildman–Crippen MR) is 85.7 cm³/mol. The maximum Gasteiger partial charge on any atom is 0.266 e. The van der Waals surface area contributed by atoms with Crippen LogP contribution in [-0.4, -0.2) is 34.1 Å². The average molecular weight is 304 g/mol. The molecule has 1 fully saturated rings. The van der Waals surface area contributed by atoms with Crippen LogP contribution in [0.3, 0.4) is 0 Å². The van der Waals surface area contributed by atoms with Gasteiger partial charge in [-0.05, 0) is 32.3 Å². The van der Waals surface area contributed by atoms with E-state index in [2.05, 4.69) is 10.2 Å². The Bertz CT molecular complexity index is 703. The molecule has 1 aliphatic carbocycles. The summed E-state index contributed by atoms with van der Waals surface area (Å²) < 4.78 is 0. The van der Waals surface area contributed by atoms with E-state index in [1.165, 1.54) is 24.2 Å². The van der Waals surface area contributed by atoms with Gasteiger partial charge in [0.05, 0.1) is 11.4 Å². The number of hydrogen-bond donors (Lipinski definition) is 1. The number of rotatable bonds is 2. The molecular weight excluding hydrogens is 284 g/mol. The fourth-order valence-corrected chi connectivity index (χ4v) is 4.10. The quantitative estimate of drug-likeness (QED) is 0.926. The Hall–Kier alpha value is -1.69. The van der Waals surface area contributed by atoms with Gasteiger partial charge < -0.3 is 10.6 Å². The largest absolute Gasteiger partial charge is 0.397 e. The van der Waals surface area contributed by atoms with E-state index in [0.717, 1.165) is 34.3 Å². The molecule has 1 amide bonds. The summed E-state index contributed by atoms with van der Waals surface area (Å²) in [4.78, 5) is 15.9. The third kappa shape index (κ3) is 2.27. The van der Waals surface area contributed by atoms with Gasteiger partial charge in [-0.15, -0.1) is 16.4 Å². The van der Waals surface area contributed by atoms with Crippen LogP contribution in [0.4, 0.5) is 5.69 Å². The number of nitrogen functional groups attached to an aromatic ring is 1. The molecule has 1 saturated carbocycles. The molecule has 0 aromatic carbocycles. The fraction of sp³-hybridized carbons (Fsp3) is 0.533. The molecule has 112 valence electrons. The minimum Gasteiger partial charge on any atom is -0.397 e. The number of carbonyl (C=O) groups is 1. The number of nitrogens with zero attached hydrogens (tertiary/aromatic N) is 3. The van der Waals surface area contributed by atoms with Crippen LogP contribution in [0, 0.1) is 13.8 Å². The highest BCUT2D eigenvalue weighted by atomic mass is 32.1. The van der Waals surface area contributed by atoms with Crippen molar-refractivity contribution < 1.29 is 4.79 Å². The Morgan fingerprint density at radius 2 is 1.95 bits per heavy atom. The molecule has 0 bridgehead atoms. The summed E-state index contributed by atoms with van der Waals surface area (Å²) in [5.74, 6) is 0.0134. The van der Waals surface area contributed by atoms with E-state index < -0.39 is 0 Å². The predicted octanol–water partition coefficient (Wildman–Crippen LogP) is 2.90. The Kier molecular flexibility index (Phi) is 3.57. The number of carbonyl (C=O) groups excluding carboxylic acids is 1. The highest BCUT2D eigenvalue weighted by molar-refractivity contribution is 7.21. The van der Waals surface area contributed by atoms with Gasteiger partial charge >= 0.3 is 0 Å². The zero-order valence-corrected chi connectivity index (χ0v) is 13.5. The van der Waals surface area contributed by atoms with Crippen molar-refractivity contribution in [2.45, 2.75) is 45.6 Å². The number of hydrogen-bond acceptors (Lipinski definition) is 5. The Morgan fingerprint density at radius 1 is 1.29 bits per heavy atom. The first-order valence-corrected chi connectivity index (χ1v) is 8.11. The van der Waals surface area contributed by atoms with Crippen LogP contribution in [0.25, 0.3) is 10.2 Å². The van der Waals surface area contributed by atoms with E-state index in [-0.39, 0.29) is 5.91 Å². The monoisotopic (exact) mass is 304 g/mol. The molecule has 0 aliphatic heterocycles. The first-order chi connectivity index (χ1) is 10.0. The number of fused-ring (bicyclic) bond motifs is 1. The molecule has 0 atom stereocenters. The van der Waals surface area contributed by atoms with Crippen molar-refractivity contribution in [3.05, 3.63) is 16.1 Å². The minimum atomic E-state index is 0.0134. The van der Waals surface area contributed by atoms with Crippen molar-refractivity contribution in [3.63, 3.8) is 0 Å². The third-order valence-corrected chi connectivity index (χ3v) is 5.60. The van der Waals surface area contributed by atoms with Crippen molar-refractivity contribution in [1.29, 1.82) is 0 Å². The zero-order valence-electron chi connectivity index (χ0n) is 12.6.